The summed E-state index contributed by atoms with van der Waals surface area (Å²) in [6.45, 7) is -1.43. The van der Waals surface area contributed by atoms with E-state index in [2.05, 4.69) is 0 Å². The van der Waals surface area contributed by atoms with E-state index in [1.807, 2.05) is 0 Å². The highest BCUT2D eigenvalue weighted by Gasteiger charge is 2.30. The molecule has 0 rings (SSSR count). The molecule has 0 bridgehead atoms. The molecule has 1 atom stereocenters. The molecule has 0 radical (unpaired) electrons. The van der Waals surface area contributed by atoms with Crippen molar-refractivity contribution >= 4 is 23.8 Å². The third-order valence-electron chi connectivity index (χ3n) is 1.79. The quantitative estimate of drug-likeness (QED) is 0.376. The topological polar surface area (TPSA) is 158 Å². The lowest BCUT2D eigenvalue weighted by Crippen LogP contribution is -2.48. The molecule has 0 saturated carbocycles. The molecule has 9 heteroatoms. The van der Waals surface area contributed by atoms with Crippen LogP contribution in [0.1, 0.15) is 6.42 Å². The molecule has 0 fully saturated rings. The first-order valence-electron chi connectivity index (χ1n) is 4.42. The Bertz CT molecular complexity index is 325. The maximum Gasteiger partial charge on any atom is 0.321 e. The Morgan fingerprint density at radius 1 is 1.00 bits per heavy atom. The molecule has 96 valence electrons. The van der Waals surface area contributed by atoms with Gasteiger partial charge < -0.3 is 21.1 Å². The average molecular weight is 248 g/mol. The van der Waals surface area contributed by atoms with Gasteiger partial charge in [0.05, 0.1) is 19.5 Å². The number of nitrogens with zero attached hydrogens (tertiary/aromatic N) is 1. The molecule has 0 aromatic carbocycles. The van der Waals surface area contributed by atoms with Gasteiger partial charge in [-0.2, -0.15) is 0 Å². The number of aliphatic carboxylic acids is 3. The van der Waals surface area contributed by atoms with Gasteiger partial charge in [0.2, 0.25) is 5.91 Å². The molecular formula is C8H12N2O7. The zero-order chi connectivity index (χ0) is 13.6. The summed E-state index contributed by atoms with van der Waals surface area (Å²) in [5.74, 6) is -5.28. The van der Waals surface area contributed by atoms with Crippen LogP contribution in [-0.2, 0) is 19.2 Å². The number of carboxylic acid groups (broad SMARTS) is 3. The third-order valence-corrected chi connectivity index (χ3v) is 1.79. The molecule has 0 saturated heterocycles. The van der Waals surface area contributed by atoms with E-state index in [0.29, 0.717) is 4.90 Å². The second kappa shape index (κ2) is 6.43. The molecule has 0 spiro atoms. The van der Waals surface area contributed by atoms with Gasteiger partial charge in [0, 0.05) is 0 Å². The van der Waals surface area contributed by atoms with E-state index >= 15 is 0 Å². The molecular weight excluding hydrogens is 236 g/mol. The predicted octanol–water partition coefficient (Wildman–Crippen LogP) is -2.21. The van der Waals surface area contributed by atoms with Gasteiger partial charge in [-0.05, 0) is 0 Å². The van der Waals surface area contributed by atoms with Gasteiger partial charge in [0.25, 0.3) is 0 Å². The molecule has 0 aliphatic carbocycles. The molecule has 0 aliphatic heterocycles. The van der Waals surface area contributed by atoms with Crippen LogP contribution in [0.5, 0.6) is 0 Å². The van der Waals surface area contributed by atoms with Crippen LogP contribution in [0.2, 0.25) is 0 Å². The maximum atomic E-state index is 10.8. The number of carboxylic acids is 3. The first kappa shape index (κ1) is 14.8. The van der Waals surface area contributed by atoms with E-state index in [1.54, 1.807) is 0 Å². The minimum absolute atomic E-state index is 0.642. The highest BCUT2D eigenvalue weighted by atomic mass is 16.4. The fraction of sp³-hybridized carbons (Fsp3) is 0.500. The van der Waals surface area contributed by atoms with Crippen LogP contribution >= 0.6 is 0 Å². The van der Waals surface area contributed by atoms with Crippen molar-refractivity contribution in [2.75, 3.05) is 13.1 Å². The van der Waals surface area contributed by atoms with Gasteiger partial charge in [0.1, 0.15) is 6.04 Å². The lowest BCUT2D eigenvalue weighted by atomic mass is 10.1. The molecule has 1 unspecified atom stereocenters. The van der Waals surface area contributed by atoms with E-state index in [-0.39, 0.29) is 0 Å². The average Bonchev–Trinajstić information content (AvgIpc) is 2.10. The molecule has 0 aromatic rings. The van der Waals surface area contributed by atoms with E-state index < -0.39 is 49.4 Å². The van der Waals surface area contributed by atoms with Gasteiger partial charge in [-0.1, -0.05) is 0 Å². The SMILES string of the molecule is NC(=O)CN(CC(=O)O)C(CC(=O)O)C(=O)O. The highest BCUT2D eigenvalue weighted by Crippen LogP contribution is 2.05. The number of carbonyl (C=O) groups excluding carboxylic acids is 1. The number of carbonyl (C=O) groups is 4. The Morgan fingerprint density at radius 3 is 1.82 bits per heavy atom. The minimum Gasteiger partial charge on any atom is -0.481 e. The summed E-state index contributed by atoms with van der Waals surface area (Å²) in [4.78, 5) is 43.0. The van der Waals surface area contributed by atoms with Crippen molar-refractivity contribution in [1.82, 2.24) is 4.90 Å². The number of rotatable bonds is 8. The Morgan fingerprint density at radius 2 is 1.53 bits per heavy atom. The molecule has 1 amide bonds. The van der Waals surface area contributed by atoms with Crippen molar-refractivity contribution < 1.29 is 34.5 Å². The number of hydrogen-bond acceptors (Lipinski definition) is 5. The molecule has 0 aromatic heterocycles. The van der Waals surface area contributed by atoms with E-state index in [1.165, 1.54) is 0 Å². The molecule has 9 nitrogen and oxygen atoms in total. The fourth-order valence-electron chi connectivity index (χ4n) is 1.19. The van der Waals surface area contributed by atoms with Crippen LogP contribution in [-0.4, -0.2) is 63.2 Å². The van der Waals surface area contributed by atoms with Crippen molar-refractivity contribution in [1.29, 1.82) is 0 Å². The summed E-state index contributed by atoms with van der Waals surface area (Å²) >= 11 is 0. The van der Waals surface area contributed by atoms with Crippen molar-refractivity contribution in [3.8, 4) is 0 Å². The molecule has 5 N–H and O–H groups in total. The second-order valence-electron chi connectivity index (χ2n) is 3.22. The highest BCUT2D eigenvalue weighted by molar-refractivity contribution is 5.83. The summed E-state index contributed by atoms with van der Waals surface area (Å²) < 4.78 is 0. The van der Waals surface area contributed by atoms with Crippen molar-refractivity contribution in [2.24, 2.45) is 5.73 Å². The maximum absolute atomic E-state index is 10.8. The number of primary amides is 1. The van der Waals surface area contributed by atoms with Crippen LogP contribution in [0, 0.1) is 0 Å². The molecule has 0 heterocycles. The normalized spacial score (nSPS) is 12.1. The van der Waals surface area contributed by atoms with Gasteiger partial charge in [-0.25, -0.2) is 0 Å². The summed E-state index contributed by atoms with van der Waals surface area (Å²) in [6.07, 6.45) is -0.824. The van der Waals surface area contributed by atoms with Crippen LogP contribution < -0.4 is 5.73 Å². The minimum atomic E-state index is -1.61. The summed E-state index contributed by atoms with van der Waals surface area (Å²) in [5, 5.41) is 25.8. The lowest BCUT2D eigenvalue weighted by Gasteiger charge is -2.24. The third kappa shape index (κ3) is 6.10. The van der Waals surface area contributed by atoms with Crippen LogP contribution in [0.4, 0.5) is 0 Å². The van der Waals surface area contributed by atoms with Crippen LogP contribution in [0.15, 0.2) is 0 Å². The van der Waals surface area contributed by atoms with Crippen molar-refractivity contribution in [3.63, 3.8) is 0 Å². The van der Waals surface area contributed by atoms with Crippen LogP contribution in [0.3, 0.4) is 0 Å². The van der Waals surface area contributed by atoms with E-state index in [0.717, 1.165) is 0 Å². The standard InChI is InChI=1S/C8H12N2O7/c9-5(11)2-10(3-7(14)15)4(8(16)17)1-6(12)13/h4H,1-3H2,(H2,9,11)(H,12,13)(H,14,15)(H,16,17). The largest absolute Gasteiger partial charge is 0.481 e. The fourth-order valence-corrected chi connectivity index (χ4v) is 1.19. The van der Waals surface area contributed by atoms with Crippen molar-refractivity contribution in [3.05, 3.63) is 0 Å². The van der Waals surface area contributed by atoms with Gasteiger partial charge in [-0.15, -0.1) is 0 Å². The van der Waals surface area contributed by atoms with E-state index in [9.17, 15) is 19.2 Å². The Kier molecular flexibility index (Phi) is 5.61. The monoisotopic (exact) mass is 248 g/mol. The lowest BCUT2D eigenvalue weighted by molar-refractivity contribution is -0.152. The van der Waals surface area contributed by atoms with E-state index in [4.69, 9.17) is 21.1 Å². The Balaban J connectivity index is 4.91. The van der Waals surface area contributed by atoms with Gasteiger partial charge in [-0.3, -0.25) is 24.1 Å². The number of hydrogen-bond donors (Lipinski definition) is 4. The zero-order valence-electron chi connectivity index (χ0n) is 8.70. The number of amides is 1. The summed E-state index contributed by atoms with van der Waals surface area (Å²) in [6, 6.07) is -1.61. The van der Waals surface area contributed by atoms with Gasteiger partial charge in [0.15, 0.2) is 0 Å². The number of nitrogens with two attached hydrogens (primary N) is 1. The summed E-state index contributed by atoms with van der Waals surface area (Å²) in [7, 11) is 0. The first-order valence-corrected chi connectivity index (χ1v) is 4.42. The van der Waals surface area contributed by atoms with Crippen molar-refractivity contribution in [2.45, 2.75) is 12.5 Å². The molecule has 17 heavy (non-hydrogen) atoms. The smallest absolute Gasteiger partial charge is 0.321 e. The van der Waals surface area contributed by atoms with Crippen LogP contribution in [0.25, 0.3) is 0 Å². The predicted molar refractivity (Wildman–Crippen MR) is 52.1 cm³/mol. The first-order chi connectivity index (χ1) is 7.73. The summed E-state index contributed by atoms with van der Waals surface area (Å²) in [5.41, 5.74) is 4.82. The zero-order valence-corrected chi connectivity index (χ0v) is 8.70. The van der Waals surface area contributed by atoms with Gasteiger partial charge >= 0.3 is 17.9 Å². The Hall–Kier alpha value is -2.16. The molecule has 0 aliphatic rings. The Labute approximate surface area is 95.4 Å². The second-order valence-corrected chi connectivity index (χ2v) is 3.22.